The quantitative estimate of drug-likeness (QED) is 0.420. The molecule has 0 unspecified atom stereocenters. The van der Waals surface area contributed by atoms with Crippen molar-refractivity contribution in [1.82, 2.24) is 30.2 Å². The number of nitrogens with one attached hydrogen (secondary N) is 2. The highest BCUT2D eigenvalue weighted by Gasteiger charge is 2.31. The average Bonchev–Trinajstić information content (AvgIpc) is 3.74. The number of halogens is 3. The van der Waals surface area contributed by atoms with Crippen molar-refractivity contribution in [3.05, 3.63) is 60.2 Å². The molecule has 2 fully saturated rings. The fourth-order valence-electron chi connectivity index (χ4n) is 4.47. The molecule has 0 bridgehead atoms. The lowest BCUT2D eigenvalue weighted by Gasteiger charge is -2.30. The highest BCUT2D eigenvalue weighted by atomic mass is 19.4. The van der Waals surface area contributed by atoms with Gasteiger partial charge >= 0.3 is 6.18 Å². The van der Waals surface area contributed by atoms with E-state index in [-0.39, 0.29) is 5.82 Å². The minimum atomic E-state index is -4.46. The number of fused-ring (bicyclic) bond motifs is 1. The van der Waals surface area contributed by atoms with Gasteiger partial charge in [0.2, 0.25) is 0 Å². The first-order valence-corrected chi connectivity index (χ1v) is 11.8. The predicted octanol–water partition coefficient (Wildman–Crippen LogP) is 4.53. The number of alkyl halides is 3. The standard InChI is InChI=1S/C25H23F3N8/c26-25(27,28)17-4-6-32-21(12-17)34-20-11-16(3-5-31-20)23-33-19-14-30-13-18(15-1-2-15)22(19)24(35-23)36-9-7-29-8-10-36/h3-6,11-15,29H,1-2,7-10H2,(H,31,32,34). The van der Waals surface area contributed by atoms with Gasteiger partial charge in [-0.15, -0.1) is 0 Å². The molecule has 8 nitrogen and oxygen atoms in total. The summed E-state index contributed by atoms with van der Waals surface area (Å²) < 4.78 is 39.3. The lowest BCUT2D eigenvalue weighted by molar-refractivity contribution is -0.137. The molecule has 0 atom stereocenters. The first-order valence-electron chi connectivity index (χ1n) is 11.8. The number of pyridine rings is 3. The first kappa shape index (κ1) is 22.6. The number of piperazine rings is 1. The van der Waals surface area contributed by atoms with Crippen LogP contribution < -0.4 is 15.5 Å². The zero-order valence-corrected chi connectivity index (χ0v) is 19.3. The zero-order valence-electron chi connectivity index (χ0n) is 19.3. The second-order valence-electron chi connectivity index (χ2n) is 8.99. The molecule has 0 amide bonds. The Kier molecular flexibility index (Phi) is 5.63. The topological polar surface area (TPSA) is 91.8 Å². The Morgan fingerprint density at radius 3 is 2.44 bits per heavy atom. The van der Waals surface area contributed by atoms with E-state index in [0.717, 1.165) is 74.1 Å². The number of aromatic nitrogens is 5. The molecule has 1 aliphatic heterocycles. The summed E-state index contributed by atoms with van der Waals surface area (Å²) in [5.74, 6) is 2.29. The minimum Gasteiger partial charge on any atom is -0.353 e. The zero-order chi connectivity index (χ0) is 24.7. The van der Waals surface area contributed by atoms with Crippen molar-refractivity contribution in [2.45, 2.75) is 24.9 Å². The van der Waals surface area contributed by atoms with E-state index in [9.17, 15) is 13.2 Å². The highest BCUT2D eigenvalue weighted by molar-refractivity contribution is 5.94. The van der Waals surface area contributed by atoms with Crippen LogP contribution in [0.5, 0.6) is 0 Å². The third-order valence-electron chi connectivity index (χ3n) is 6.41. The predicted molar refractivity (Wildman–Crippen MR) is 130 cm³/mol. The maximum absolute atomic E-state index is 13.1. The fourth-order valence-corrected chi connectivity index (χ4v) is 4.47. The van der Waals surface area contributed by atoms with Crippen LogP contribution in [0, 0.1) is 0 Å². The van der Waals surface area contributed by atoms with Crippen LogP contribution in [0.3, 0.4) is 0 Å². The summed E-state index contributed by atoms with van der Waals surface area (Å²) in [5, 5.41) is 7.30. The molecule has 184 valence electrons. The molecule has 0 spiro atoms. The lowest BCUT2D eigenvalue weighted by atomic mass is 10.1. The normalized spacial score (nSPS) is 16.4. The van der Waals surface area contributed by atoms with Gasteiger partial charge in [-0.1, -0.05) is 0 Å². The van der Waals surface area contributed by atoms with Crippen LogP contribution >= 0.6 is 0 Å². The number of nitrogens with zero attached hydrogens (tertiary/aromatic N) is 6. The van der Waals surface area contributed by atoms with Gasteiger partial charge in [-0.2, -0.15) is 13.2 Å². The van der Waals surface area contributed by atoms with Crippen molar-refractivity contribution < 1.29 is 13.2 Å². The summed E-state index contributed by atoms with van der Waals surface area (Å²) in [6.07, 6.45) is 4.23. The largest absolute Gasteiger partial charge is 0.416 e. The van der Waals surface area contributed by atoms with Crippen LogP contribution in [0.1, 0.15) is 29.9 Å². The van der Waals surface area contributed by atoms with Crippen molar-refractivity contribution in [1.29, 1.82) is 0 Å². The molecule has 2 aliphatic rings. The third kappa shape index (κ3) is 4.53. The number of anilines is 3. The molecular weight excluding hydrogens is 469 g/mol. The summed E-state index contributed by atoms with van der Waals surface area (Å²) in [6.45, 7) is 3.42. The molecule has 4 aromatic rings. The van der Waals surface area contributed by atoms with Crippen LogP contribution in [0.25, 0.3) is 22.3 Å². The second kappa shape index (κ2) is 8.98. The van der Waals surface area contributed by atoms with E-state index in [4.69, 9.17) is 9.97 Å². The Hall–Kier alpha value is -3.86. The molecule has 11 heteroatoms. The first-order chi connectivity index (χ1) is 17.5. The van der Waals surface area contributed by atoms with Crippen molar-refractivity contribution in [2.75, 3.05) is 36.4 Å². The molecule has 0 radical (unpaired) electrons. The second-order valence-corrected chi connectivity index (χ2v) is 8.99. The number of rotatable bonds is 5. The van der Waals surface area contributed by atoms with E-state index in [2.05, 4.69) is 30.5 Å². The summed E-state index contributed by atoms with van der Waals surface area (Å²) in [5.41, 5.74) is 1.88. The van der Waals surface area contributed by atoms with Crippen LogP contribution in [0.15, 0.2) is 49.1 Å². The molecule has 2 N–H and O–H groups in total. The summed E-state index contributed by atoms with van der Waals surface area (Å²) in [4.78, 5) is 24.8. The third-order valence-corrected chi connectivity index (χ3v) is 6.41. The Labute approximate surface area is 205 Å². The van der Waals surface area contributed by atoms with Gasteiger partial charge in [-0.05, 0) is 48.6 Å². The van der Waals surface area contributed by atoms with Crippen LogP contribution in [-0.4, -0.2) is 51.1 Å². The van der Waals surface area contributed by atoms with Gasteiger partial charge in [0.1, 0.15) is 17.5 Å². The summed E-state index contributed by atoms with van der Waals surface area (Å²) in [6, 6.07) is 5.38. The van der Waals surface area contributed by atoms with Gasteiger partial charge in [0.25, 0.3) is 0 Å². The number of hydrogen-bond acceptors (Lipinski definition) is 8. The van der Waals surface area contributed by atoms with E-state index in [1.54, 1.807) is 24.5 Å². The average molecular weight is 493 g/mol. The molecule has 0 aromatic carbocycles. The molecule has 1 saturated carbocycles. The SMILES string of the molecule is FC(F)(F)c1ccnc(Nc2cc(-c3nc(N4CCNCC4)c4c(C5CC5)cncc4n3)ccn2)c1. The molecule has 4 aromatic heterocycles. The highest BCUT2D eigenvalue weighted by Crippen LogP contribution is 2.45. The van der Waals surface area contributed by atoms with E-state index < -0.39 is 11.7 Å². The summed E-state index contributed by atoms with van der Waals surface area (Å²) in [7, 11) is 0. The molecule has 36 heavy (non-hydrogen) atoms. The van der Waals surface area contributed by atoms with Gasteiger partial charge in [-0.3, -0.25) is 4.98 Å². The van der Waals surface area contributed by atoms with Crippen LogP contribution in [0.2, 0.25) is 0 Å². The van der Waals surface area contributed by atoms with Crippen molar-refractivity contribution >= 4 is 28.4 Å². The molecule has 5 heterocycles. The molecule has 6 rings (SSSR count). The van der Waals surface area contributed by atoms with E-state index >= 15 is 0 Å². The Balaban J connectivity index is 1.39. The van der Waals surface area contributed by atoms with Gasteiger partial charge in [-0.25, -0.2) is 19.9 Å². The van der Waals surface area contributed by atoms with Crippen LogP contribution in [0.4, 0.5) is 30.6 Å². The van der Waals surface area contributed by atoms with Crippen molar-refractivity contribution in [3.63, 3.8) is 0 Å². The Morgan fingerprint density at radius 2 is 1.69 bits per heavy atom. The molecule has 1 aliphatic carbocycles. The van der Waals surface area contributed by atoms with Gasteiger partial charge < -0.3 is 15.5 Å². The van der Waals surface area contributed by atoms with Crippen molar-refractivity contribution in [3.8, 4) is 11.4 Å². The molecule has 1 saturated heterocycles. The molecular formula is C25H23F3N8. The monoisotopic (exact) mass is 492 g/mol. The Morgan fingerprint density at radius 1 is 0.944 bits per heavy atom. The number of hydrogen-bond donors (Lipinski definition) is 2. The minimum absolute atomic E-state index is 0.0497. The van der Waals surface area contributed by atoms with Crippen molar-refractivity contribution in [2.24, 2.45) is 0 Å². The van der Waals surface area contributed by atoms with E-state index in [1.165, 1.54) is 5.56 Å². The van der Waals surface area contributed by atoms with Gasteiger partial charge in [0.05, 0.1) is 17.3 Å². The maximum atomic E-state index is 13.1. The van der Waals surface area contributed by atoms with Gasteiger partial charge in [0.15, 0.2) is 5.82 Å². The maximum Gasteiger partial charge on any atom is 0.416 e. The van der Waals surface area contributed by atoms with Gasteiger partial charge in [0, 0.05) is 55.7 Å². The smallest absolute Gasteiger partial charge is 0.353 e. The van der Waals surface area contributed by atoms with Crippen LogP contribution in [-0.2, 0) is 6.18 Å². The lowest BCUT2D eigenvalue weighted by Crippen LogP contribution is -2.44. The fraction of sp³-hybridized carbons (Fsp3) is 0.320. The Bertz CT molecular complexity index is 1410. The van der Waals surface area contributed by atoms with E-state index in [0.29, 0.717) is 23.1 Å². The summed E-state index contributed by atoms with van der Waals surface area (Å²) >= 11 is 0. The van der Waals surface area contributed by atoms with E-state index in [1.807, 2.05) is 6.20 Å².